The van der Waals surface area contributed by atoms with Crippen molar-refractivity contribution in [3.05, 3.63) is 100 Å². The standard InChI is InChI=1S/C34H40FN3O4/c1-24-8-10-26(11-9-24)33(40)38(16-14-25-6-4-5-7-29(25)35)30-23-34(2,3)42-31-13-12-27(22-28(30)31)32(39)36-15-17-37-18-20-41-21-19-37/h4-13,22,30H,14-21,23H2,1-3H3,(H,36,39). The quantitative estimate of drug-likeness (QED) is 0.382. The van der Waals surface area contributed by atoms with Gasteiger partial charge in [-0.3, -0.25) is 14.5 Å². The van der Waals surface area contributed by atoms with E-state index < -0.39 is 5.60 Å². The predicted molar refractivity (Wildman–Crippen MR) is 160 cm³/mol. The molecule has 5 rings (SSSR count). The van der Waals surface area contributed by atoms with Crippen LogP contribution < -0.4 is 10.1 Å². The van der Waals surface area contributed by atoms with E-state index in [2.05, 4.69) is 10.2 Å². The first-order valence-electron chi connectivity index (χ1n) is 14.7. The maximum Gasteiger partial charge on any atom is 0.254 e. The summed E-state index contributed by atoms with van der Waals surface area (Å²) in [5, 5.41) is 3.04. The number of hydrogen-bond donors (Lipinski definition) is 1. The molecule has 2 aliphatic heterocycles. The minimum absolute atomic E-state index is 0.139. The van der Waals surface area contributed by atoms with Crippen molar-refractivity contribution in [1.29, 1.82) is 0 Å². The van der Waals surface area contributed by atoms with E-state index in [1.54, 1.807) is 24.3 Å². The molecule has 1 N–H and O–H groups in total. The third-order valence-electron chi connectivity index (χ3n) is 8.03. The number of nitrogens with zero attached hydrogens (tertiary/aromatic N) is 2. The van der Waals surface area contributed by atoms with E-state index in [4.69, 9.17) is 9.47 Å². The normalized spacial score (nSPS) is 18.0. The molecule has 2 amide bonds. The number of nitrogens with one attached hydrogen (secondary N) is 1. The zero-order valence-electron chi connectivity index (χ0n) is 24.7. The molecule has 1 saturated heterocycles. The lowest BCUT2D eigenvalue weighted by Crippen LogP contribution is -2.45. The third kappa shape index (κ3) is 7.17. The first kappa shape index (κ1) is 29.7. The second-order valence-electron chi connectivity index (χ2n) is 11.8. The smallest absolute Gasteiger partial charge is 0.254 e. The van der Waals surface area contributed by atoms with E-state index in [1.807, 2.05) is 62.1 Å². The second kappa shape index (κ2) is 13.0. The van der Waals surface area contributed by atoms with Gasteiger partial charge >= 0.3 is 0 Å². The number of amides is 2. The van der Waals surface area contributed by atoms with Gasteiger partial charge in [0.05, 0.1) is 19.3 Å². The van der Waals surface area contributed by atoms with Gasteiger partial charge in [-0.05, 0) is 69.2 Å². The van der Waals surface area contributed by atoms with Crippen LogP contribution in [0, 0.1) is 12.7 Å². The molecular formula is C34H40FN3O4. The van der Waals surface area contributed by atoms with Crippen LogP contribution in [-0.2, 0) is 11.2 Å². The fraction of sp³-hybridized carbons (Fsp3) is 0.412. The van der Waals surface area contributed by atoms with Gasteiger partial charge in [-0.2, -0.15) is 0 Å². The van der Waals surface area contributed by atoms with Crippen LogP contribution in [0.2, 0.25) is 0 Å². The van der Waals surface area contributed by atoms with E-state index >= 15 is 0 Å². The number of aryl methyl sites for hydroxylation is 1. The molecule has 3 aromatic carbocycles. The van der Waals surface area contributed by atoms with Crippen LogP contribution in [0.3, 0.4) is 0 Å². The van der Waals surface area contributed by atoms with Gasteiger partial charge in [0.15, 0.2) is 0 Å². The molecule has 0 saturated carbocycles. The molecule has 0 radical (unpaired) electrons. The molecule has 1 atom stereocenters. The lowest BCUT2D eigenvalue weighted by Gasteiger charge is -2.43. The summed E-state index contributed by atoms with van der Waals surface area (Å²) in [7, 11) is 0. The highest BCUT2D eigenvalue weighted by molar-refractivity contribution is 5.96. The first-order valence-corrected chi connectivity index (χ1v) is 14.7. The highest BCUT2D eigenvalue weighted by Crippen LogP contribution is 2.43. The van der Waals surface area contributed by atoms with Crippen molar-refractivity contribution in [2.45, 2.75) is 45.3 Å². The number of benzene rings is 3. The molecule has 2 heterocycles. The van der Waals surface area contributed by atoms with Crippen molar-refractivity contribution in [3.8, 4) is 5.75 Å². The molecule has 3 aromatic rings. The van der Waals surface area contributed by atoms with Gasteiger partial charge < -0.3 is 19.7 Å². The van der Waals surface area contributed by atoms with Crippen molar-refractivity contribution in [3.63, 3.8) is 0 Å². The Labute approximate surface area is 247 Å². The van der Waals surface area contributed by atoms with Crippen molar-refractivity contribution in [1.82, 2.24) is 15.1 Å². The summed E-state index contributed by atoms with van der Waals surface area (Å²) >= 11 is 0. The van der Waals surface area contributed by atoms with Crippen LogP contribution in [-0.4, -0.2) is 73.2 Å². The summed E-state index contributed by atoms with van der Waals surface area (Å²) in [5.74, 6) is 0.0514. The van der Waals surface area contributed by atoms with Gasteiger partial charge in [0.2, 0.25) is 0 Å². The van der Waals surface area contributed by atoms with Crippen LogP contribution in [0.4, 0.5) is 4.39 Å². The zero-order chi connectivity index (χ0) is 29.7. The van der Waals surface area contributed by atoms with E-state index in [1.165, 1.54) is 6.07 Å². The largest absolute Gasteiger partial charge is 0.487 e. The summed E-state index contributed by atoms with van der Waals surface area (Å²) < 4.78 is 26.3. The molecule has 42 heavy (non-hydrogen) atoms. The minimum Gasteiger partial charge on any atom is -0.487 e. The Morgan fingerprint density at radius 1 is 1.02 bits per heavy atom. The van der Waals surface area contributed by atoms with Gasteiger partial charge in [0.1, 0.15) is 17.2 Å². The van der Waals surface area contributed by atoms with Gasteiger partial charge in [-0.1, -0.05) is 35.9 Å². The minimum atomic E-state index is -0.552. The lowest BCUT2D eigenvalue weighted by molar-refractivity contribution is 0.0266. The SMILES string of the molecule is Cc1ccc(C(=O)N(CCc2ccccc2F)C2CC(C)(C)Oc3ccc(C(=O)NCCN4CCOCC4)cc32)cc1. The fourth-order valence-corrected chi connectivity index (χ4v) is 5.69. The summed E-state index contributed by atoms with van der Waals surface area (Å²) in [5.41, 5.74) is 2.93. The van der Waals surface area contributed by atoms with Crippen LogP contribution in [0.1, 0.15) is 63.7 Å². The van der Waals surface area contributed by atoms with E-state index in [0.29, 0.717) is 61.6 Å². The second-order valence-corrected chi connectivity index (χ2v) is 11.8. The fourth-order valence-electron chi connectivity index (χ4n) is 5.69. The maximum absolute atomic E-state index is 14.6. The average Bonchev–Trinajstić information content (AvgIpc) is 2.98. The maximum atomic E-state index is 14.6. The van der Waals surface area contributed by atoms with Gasteiger partial charge in [-0.15, -0.1) is 0 Å². The van der Waals surface area contributed by atoms with E-state index in [0.717, 1.165) is 30.8 Å². The van der Waals surface area contributed by atoms with E-state index in [-0.39, 0.29) is 23.7 Å². The van der Waals surface area contributed by atoms with Gasteiger partial charge in [-0.25, -0.2) is 4.39 Å². The molecule has 2 aliphatic rings. The van der Waals surface area contributed by atoms with Crippen LogP contribution in [0.5, 0.6) is 5.75 Å². The Bertz CT molecular complexity index is 1400. The van der Waals surface area contributed by atoms with Crippen molar-refractivity contribution in [2.24, 2.45) is 0 Å². The summed E-state index contributed by atoms with van der Waals surface area (Å²) in [4.78, 5) is 31.4. The number of carbonyl (C=O) groups excluding carboxylic acids is 2. The summed E-state index contributed by atoms with van der Waals surface area (Å²) in [6.45, 7) is 10.7. The predicted octanol–water partition coefficient (Wildman–Crippen LogP) is 5.18. The average molecular weight is 574 g/mol. The Balaban J connectivity index is 1.43. The highest BCUT2D eigenvalue weighted by atomic mass is 19.1. The molecule has 0 bridgehead atoms. The van der Waals surface area contributed by atoms with Crippen LogP contribution >= 0.6 is 0 Å². The number of hydrogen-bond acceptors (Lipinski definition) is 5. The molecule has 8 heteroatoms. The van der Waals surface area contributed by atoms with Crippen LogP contribution in [0.15, 0.2) is 66.7 Å². The Morgan fingerprint density at radius 2 is 1.74 bits per heavy atom. The molecule has 0 aromatic heterocycles. The van der Waals surface area contributed by atoms with Crippen molar-refractivity contribution in [2.75, 3.05) is 45.9 Å². The lowest BCUT2D eigenvalue weighted by atomic mass is 9.87. The van der Waals surface area contributed by atoms with E-state index in [9.17, 15) is 14.0 Å². The number of ether oxygens (including phenoxy) is 2. The molecule has 1 fully saturated rings. The number of rotatable bonds is 9. The van der Waals surface area contributed by atoms with Gasteiger partial charge in [0, 0.05) is 55.8 Å². The summed E-state index contributed by atoms with van der Waals surface area (Å²) in [6, 6.07) is 19.2. The first-order chi connectivity index (χ1) is 20.2. The summed E-state index contributed by atoms with van der Waals surface area (Å²) in [6.07, 6.45) is 0.885. The van der Waals surface area contributed by atoms with Crippen molar-refractivity contribution >= 4 is 11.8 Å². The van der Waals surface area contributed by atoms with Crippen LogP contribution in [0.25, 0.3) is 0 Å². The molecule has 0 aliphatic carbocycles. The molecule has 222 valence electrons. The Kier molecular flexibility index (Phi) is 9.24. The van der Waals surface area contributed by atoms with Gasteiger partial charge in [0.25, 0.3) is 11.8 Å². The Morgan fingerprint density at radius 3 is 2.48 bits per heavy atom. The molecule has 1 unspecified atom stereocenters. The molecule has 7 nitrogen and oxygen atoms in total. The molecular weight excluding hydrogens is 533 g/mol. The zero-order valence-corrected chi connectivity index (χ0v) is 24.7. The third-order valence-corrected chi connectivity index (χ3v) is 8.03. The highest BCUT2D eigenvalue weighted by Gasteiger charge is 2.39. The number of morpholine rings is 1. The topological polar surface area (TPSA) is 71.1 Å². The van der Waals surface area contributed by atoms with Crippen molar-refractivity contribution < 1.29 is 23.5 Å². The Hall–Kier alpha value is -3.75. The number of carbonyl (C=O) groups is 2. The number of halogens is 1. The molecule has 0 spiro atoms. The monoisotopic (exact) mass is 573 g/mol. The number of fused-ring (bicyclic) bond motifs is 1.